The van der Waals surface area contributed by atoms with Gasteiger partial charge in [0.15, 0.2) is 0 Å². The Bertz CT molecular complexity index is 336. The Kier molecular flexibility index (Phi) is 3.45. The van der Waals surface area contributed by atoms with E-state index in [-0.39, 0.29) is 5.97 Å². The van der Waals surface area contributed by atoms with E-state index in [1.165, 1.54) is 6.20 Å². The number of hydrogen-bond acceptors (Lipinski definition) is 4. The molecule has 0 spiro atoms. The van der Waals surface area contributed by atoms with Crippen LogP contribution in [0.25, 0.3) is 0 Å². The van der Waals surface area contributed by atoms with Gasteiger partial charge in [0.25, 0.3) is 0 Å². The Balaban J connectivity index is 2.91. The third-order valence-electron chi connectivity index (χ3n) is 1.73. The van der Waals surface area contributed by atoms with Crippen LogP contribution in [0.5, 0.6) is 5.88 Å². The molecule has 0 saturated carbocycles. The molecule has 1 heterocycles. The van der Waals surface area contributed by atoms with E-state index in [9.17, 15) is 4.79 Å². The minimum absolute atomic E-state index is 0.356. The van der Waals surface area contributed by atoms with Gasteiger partial charge < -0.3 is 9.47 Å². The van der Waals surface area contributed by atoms with Crippen molar-refractivity contribution < 1.29 is 14.3 Å². The maximum atomic E-state index is 11.3. The summed E-state index contributed by atoms with van der Waals surface area (Å²) in [4.78, 5) is 15.3. The van der Waals surface area contributed by atoms with Gasteiger partial charge in [0.2, 0.25) is 5.88 Å². The van der Waals surface area contributed by atoms with Crippen LogP contribution in [0, 0.1) is 6.92 Å². The van der Waals surface area contributed by atoms with Gasteiger partial charge in [-0.2, -0.15) is 0 Å². The van der Waals surface area contributed by atoms with Crippen LogP contribution in [0.15, 0.2) is 12.3 Å². The number of esters is 1. The van der Waals surface area contributed by atoms with Gasteiger partial charge in [-0.1, -0.05) is 0 Å². The third kappa shape index (κ3) is 2.22. The van der Waals surface area contributed by atoms with E-state index < -0.39 is 0 Å². The van der Waals surface area contributed by atoms with Crippen molar-refractivity contribution in [3.8, 4) is 5.88 Å². The first kappa shape index (κ1) is 10.5. The lowest BCUT2D eigenvalue weighted by molar-refractivity contribution is 0.0525. The molecule has 0 radical (unpaired) electrons. The van der Waals surface area contributed by atoms with Gasteiger partial charge in [0, 0.05) is 11.8 Å². The van der Waals surface area contributed by atoms with Crippen molar-refractivity contribution >= 4 is 5.97 Å². The average molecular weight is 195 g/mol. The molecule has 0 atom stereocenters. The molecule has 0 amide bonds. The van der Waals surface area contributed by atoms with E-state index in [1.54, 1.807) is 20.1 Å². The largest absolute Gasteiger partial charge is 0.481 e. The summed E-state index contributed by atoms with van der Waals surface area (Å²) in [6, 6.07) is 1.70. The number of methoxy groups -OCH3 is 1. The summed E-state index contributed by atoms with van der Waals surface area (Å²) in [5.74, 6) is 0.170. The first-order valence-corrected chi connectivity index (χ1v) is 4.36. The monoisotopic (exact) mass is 195 g/mol. The number of aromatic nitrogens is 1. The topological polar surface area (TPSA) is 48.4 Å². The maximum absolute atomic E-state index is 11.3. The summed E-state index contributed by atoms with van der Waals surface area (Å²) in [7, 11) is 1.54. The number of nitrogens with zero attached hydrogens (tertiary/aromatic N) is 1. The number of hydrogen-bond donors (Lipinski definition) is 0. The highest BCUT2D eigenvalue weighted by atomic mass is 16.5. The summed E-state index contributed by atoms with van der Waals surface area (Å²) in [5.41, 5.74) is 1.27. The van der Waals surface area contributed by atoms with Crippen molar-refractivity contribution in [3.05, 3.63) is 23.4 Å². The molecule has 0 saturated heterocycles. The molecule has 0 fully saturated rings. The number of carbonyl (C=O) groups excluding carboxylic acids is 1. The summed E-state index contributed by atoms with van der Waals surface area (Å²) >= 11 is 0. The second kappa shape index (κ2) is 4.60. The molecule has 76 valence electrons. The summed E-state index contributed by atoms with van der Waals surface area (Å²) in [6.45, 7) is 3.96. The second-order valence-corrected chi connectivity index (χ2v) is 2.77. The third-order valence-corrected chi connectivity index (χ3v) is 1.73. The number of ether oxygens (including phenoxy) is 2. The zero-order valence-electron chi connectivity index (χ0n) is 8.53. The van der Waals surface area contributed by atoms with Crippen LogP contribution in [0.4, 0.5) is 0 Å². The molecule has 0 aliphatic heterocycles. The van der Waals surface area contributed by atoms with E-state index >= 15 is 0 Å². The molecule has 4 heteroatoms. The molecule has 0 unspecified atom stereocenters. The van der Waals surface area contributed by atoms with Crippen molar-refractivity contribution in [3.63, 3.8) is 0 Å². The zero-order valence-corrected chi connectivity index (χ0v) is 8.53. The van der Waals surface area contributed by atoms with Crippen LogP contribution < -0.4 is 4.74 Å². The molecule has 1 aromatic rings. The minimum Gasteiger partial charge on any atom is -0.481 e. The van der Waals surface area contributed by atoms with Gasteiger partial charge in [0.1, 0.15) is 0 Å². The SMILES string of the molecule is CCOC(=O)c1cnc(OC)c(C)c1. The van der Waals surface area contributed by atoms with Crippen LogP contribution in [-0.2, 0) is 4.74 Å². The number of aryl methyl sites for hydroxylation is 1. The Morgan fingerprint density at radius 2 is 2.29 bits per heavy atom. The van der Waals surface area contributed by atoms with E-state index in [4.69, 9.17) is 9.47 Å². The molecule has 14 heavy (non-hydrogen) atoms. The fraction of sp³-hybridized carbons (Fsp3) is 0.400. The van der Waals surface area contributed by atoms with Crippen LogP contribution in [0.2, 0.25) is 0 Å². The number of pyridine rings is 1. The second-order valence-electron chi connectivity index (χ2n) is 2.77. The molecular formula is C10H13NO3. The molecule has 4 nitrogen and oxygen atoms in total. The summed E-state index contributed by atoms with van der Waals surface area (Å²) < 4.78 is 9.81. The highest BCUT2D eigenvalue weighted by Crippen LogP contribution is 2.14. The van der Waals surface area contributed by atoms with Gasteiger partial charge in [-0.3, -0.25) is 0 Å². The van der Waals surface area contributed by atoms with Crippen molar-refractivity contribution in [2.75, 3.05) is 13.7 Å². The smallest absolute Gasteiger partial charge is 0.339 e. The number of carbonyl (C=O) groups is 1. The molecule has 0 bridgehead atoms. The quantitative estimate of drug-likeness (QED) is 0.687. The van der Waals surface area contributed by atoms with Crippen molar-refractivity contribution in [2.45, 2.75) is 13.8 Å². The fourth-order valence-electron chi connectivity index (χ4n) is 1.10. The minimum atomic E-state index is -0.356. The zero-order chi connectivity index (χ0) is 10.6. The predicted molar refractivity (Wildman–Crippen MR) is 51.5 cm³/mol. The lowest BCUT2D eigenvalue weighted by Crippen LogP contribution is -2.06. The molecule has 0 aliphatic rings. The van der Waals surface area contributed by atoms with Crippen LogP contribution >= 0.6 is 0 Å². The van der Waals surface area contributed by atoms with E-state index in [0.717, 1.165) is 5.56 Å². The molecular weight excluding hydrogens is 182 g/mol. The molecule has 0 N–H and O–H groups in total. The highest BCUT2D eigenvalue weighted by molar-refractivity contribution is 5.89. The molecule has 0 aliphatic carbocycles. The average Bonchev–Trinajstić information content (AvgIpc) is 2.18. The maximum Gasteiger partial charge on any atom is 0.339 e. The Labute approximate surface area is 82.9 Å². The van der Waals surface area contributed by atoms with Gasteiger partial charge in [-0.15, -0.1) is 0 Å². The first-order valence-electron chi connectivity index (χ1n) is 4.36. The Morgan fingerprint density at radius 1 is 1.57 bits per heavy atom. The predicted octanol–water partition coefficient (Wildman–Crippen LogP) is 1.58. The first-order chi connectivity index (χ1) is 6.69. The summed E-state index contributed by atoms with van der Waals surface area (Å²) in [6.07, 6.45) is 1.45. The fourth-order valence-corrected chi connectivity index (χ4v) is 1.10. The van der Waals surface area contributed by atoms with Gasteiger partial charge in [-0.05, 0) is 19.9 Å². The van der Waals surface area contributed by atoms with Gasteiger partial charge in [0.05, 0.1) is 19.3 Å². The van der Waals surface area contributed by atoms with Crippen LogP contribution in [-0.4, -0.2) is 24.7 Å². The van der Waals surface area contributed by atoms with Gasteiger partial charge in [-0.25, -0.2) is 9.78 Å². The number of rotatable bonds is 3. The van der Waals surface area contributed by atoms with Crippen LogP contribution in [0.1, 0.15) is 22.8 Å². The van der Waals surface area contributed by atoms with Crippen molar-refractivity contribution in [1.82, 2.24) is 4.98 Å². The molecule has 1 rings (SSSR count). The highest BCUT2D eigenvalue weighted by Gasteiger charge is 2.09. The van der Waals surface area contributed by atoms with E-state index in [2.05, 4.69) is 4.98 Å². The standard InChI is InChI=1S/C10H13NO3/c1-4-14-10(12)8-5-7(2)9(13-3)11-6-8/h5-6H,4H2,1-3H3. The Morgan fingerprint density at radius 3 is 2.79 bits per heavy atom. The van der Waals surface area contributed by atoms with Crippen molar-refractivity contribution in [2.24, 2.45) is 0 Å². The Hall–Kier alpha value is -1.58. The lowest BCUT2D eigenvalue weighted by atomic mass is 10.2. The summed E-state index contributed by atoms with van der Waals surface area (Å²) in [5, 5.41) is 0. The van der Waals surface area contributed by atoms with E-state index in [0.29, 0.717) is 18.1 Å². The normalized spacial score (nSPS) is 9.64. The lowest BCUT2D eigenvalue weighted by Gasteiger charge is -2.05. The van der Waals surface area contributed by atoms with Gasteiger partial charge >= 0.3 is 5.97 Å². The molecule has 1 aromatic heterocycles. The van der Waals surface area contributed by atoms with Crippen LogP contribution in [0.3, 0.4) is 0 Å². The van der Waals surface area contributed by atoms with E-state index in [1.807, 2.05) is 6.92 Å². The van der Waals surface area contributed by atoms with Crippen molar-refractivity contribution in [1.29, 1.82) is 0 Å². The molecule has 0 aromatic carbocycles.